The van der Waals surface area contributed by atoms with Crippen LogP contribution >= 0.6 is 11.8 Å². The second-order valence-corrected chi connectivity index (χ2v) is 7.54. The largest absolute Gasteiger partial charge is 0.369 e. The van der Waals surface area contributed by atoms with Crippen LogP contribution in [-0.4, -0.2) is 32.3 Å². The fraction of sp³-hybridized carbons (Fsp3) is 0.0435. The summed E-state index contributed by atoms with van der Waals surface area (Å²) >= 11 is 1.21. The normalized spacial score (nSPS) is 10.6. The van der Waals surface area contributed by atoms with Gasteiger partial charge in [0.1, 0.15) is 0 Å². The number of nitrogens with one attached hydrogen (secondary N) is 1. The van der Waals surface area contributed by atoms with Crippen molar-refractivity contribution in [2.24, 2.45) is 5.73 Å². The lowest BCUT2D eigenvalue weighted by atomic mass is 10.1. The first-order valence-electron chi connectivity index (χ1n) is 9.51. The molecule has 0 aliphatic heterocycles. The number of anilines is 1. The molecule has 3 N–H and O–H groups in total. The highest BCUT2D eigenvalue weighted by Gasteiger charge is 2.20. The van der Waals surface area contributed by atoms with Gasteiger partial charge in [0.05, 0.1) is 11.4 Å². The number of hydrogen-bond acceptors (Lipinski definition) is 5. The number of aromatic nitrogens is 3. The molecule has 0 bridgehead atoms. The van der Waals surface area contributed by atoms with Gasteiger partial charge in [0.25, 0.3) is 5.91 Å². The highest BCUT2D eigenvalue weighted by atomic mass is 32.2. The number of carbonyl (C=O) groups is 2. The monoisotopic (exact) mass is 429 g/mol. The average molecular weight is 430 g/mol. The average Bonchev–Trinajstić information content (AvgIpc) is 3.23. The zero-order valence-corrected chi connectivity index (χ0v) is 17.3. The molecule has 1 heterocycles. The molecule has 4 rings (SSSR count). The minimum atomic E-state index is -0.440. The second-order valence-electron chi connectivity index (χ2n) is 6.60. The van der Waals surface area contributed by atoms with Crippen molar-refractivity contribution in [1.82, 2.24) is 14.8 Å². The van der Waals surface area contributed by atoms with Crippen molar-refractivity contribution >= 4 is 29.3 Å². The van der Waals surface area contributed by atoms with Gasteiger partial charge in [0.15, 0.2) is 11.0 Å². The molecule has 0 atom stereocenters. The van der Waals surface area contributed by atoms with Crippen molar-refractivity contribution < 1.29 is 9.59 Å². The third-order valence-electron chi connectivity index (χ3n) is 4.44. The molecular weight excluding hydrogens is 410 g/mol. The molecule has 0 aliphatic rings. The fourth-order valence-corrected chi connectivity index (χ4v) is 3.75. The Hall–Kier alpha value is -3.91. The molecule has 4 aromatic rings. The number of para-hydroxylation sites is 2. The zero-order chi connectivity index (χ0) is 21.6. The van der Waals surface area contributed by atoms with Gasteiger partial charge < -0.3 is 11.1 Å². The molecule has 31 heavy (non-hydrogen) atoms. The van der Waals surface area contributed by atoms with E-state index in [9.17, 15) is 9.59 Å². The van der Waals surface area contributed by atoms with E-state index in [1.54, 1.807) is 12.1 Å². The Labute approximate surface area is 183 Å². The van der Waals surface area contributed by atoms with Crippen molar-refractivity contribution in [3.05, 3.63) is 90.5 Å². The third-order valence-corrected chi connectivity index (χ3v) is 5.39. The Bertz CT molecular complexity index is 1210. The van der Waals surface area contributed by atoms with E-state index in [1.807, 2.05) is 77.4 Å². The number of nitrogens with two attached hydrogens (primary N) is 1. The van der Waals surface area contributed by atoms with Crippen LogP contribution in [0, 0.1) is 0 Å². The zero-order valence-electron chi connectivity index (χ0n) is 16.4. The summed E-state index contributed by atoms with van der Waals surface area (Å²) in [4.78, 5) is 24.0. The number of benzene rings is 3. The molecule has 0 spiro atoms. The van der Waals surface area contributed by atoms with E-state index in [0.717, 1.165) is 5.69 Å². The predicted octanol–water partition coefficient (Wildman–Crippen LogP) is 3.76. The van der Waals surface area contributed by atoms with Gasteiger partial charge in [-0.2, -0.15) is 0 Å². The van der Waals surface area contributed by atoms with Crippen molar-refractivity contribution in [2.75, 3.05) is 11.1 Å². The first kappa shape index (κ1) is 20.4. The van der Waals surface area contributed by atoms with Crippen LogP contribution in [-0.2, 0) is 4.79 Å². The maximum absolute atomic E-state index is 12.7. The van der Waals surface area contributed by atoms with Gasteiger partial charge in [-0.25, -0.2) is 0 Å². The van der Waals surface area contributed by atoms with Crippen LogP contribution in [0.2, 0.25) is 0 Å². The van der Waals surface area contributed by atoms with Crippen molar-refractivity contribution in [3.8, 4) is 17.1 Å². The lowest BCUT2D eigenvalue weighted by Gasteiger charge is -2.13. The number of thioether (sulfide) groups is 1. The van der Waals surface area contributed by atoms with Gasteiger partial charge >= 0.3 is 0 Å². The lowest BCUT2D eigenvalue weighted by Crippen LogP contribution is -2.14. The minimum absolute atomic E-state index is 0.0807. The summed E-state index contributed by atoms with van der Waals surface area (Å²) in [5, 5.41) is 12.1. The fourth-order valence-electron chi connectivity index (χ4n) is 3.05. The maximum Gasteiger partial charge on any atom is 0.255 e. The molecule has 1 aromatic heterocycles. The lowest BCUT2D eigenvalue weighted by molar-refractivity contribution is -0.115. The predicted molar refractivity (Wildman–Crippen MR) is 121 cm³/mol. The Morgan fingerprint density at radius 3 is 2.23 bits per heavy atom. The highest BCUT2D eigenvalue weighted by molar-refractivity contribution is 7.99. The Kier molecular flexibility index (Phi) is 6.09. The maximum atomic E-state index is 12.7. The Morgan fingerprint density at radius 1 is 0.871 bits per heavy atom. The molecule has 7 nitrogen and oxygen atoms in total. The number of primary amides is 1. The summed E-state index contributed by atoms with van der Waals surface area (Å²) in [6, 6.07) is 26.0. The molecule has 0 fully saturated rings. The highest BCUT2D eigenvalue weighted by Crippen LogP contribution is 2.32. The molecule has 3 aromatic carbocycles. The van der Waals surface area contributed by atoms with Gasteiger partial charge in [0, 0.05) is 16.8 Å². The molecule has 0 unspecified atom stereocenters. The molecular formula is C23H19N5O2S. The number of amides is 2. The van der Waals surface area contributed by atoms with E-state index in [-0.39, 0.29) is 11.7 Å². The van der Waals surface area contributed by atoms with Gasteiger partial charge in [0.2, 0.25) is 5.91 Å². The summed E-state index contributed by atoms with van der Waals surface area (Å²) in [5.74, 6) is -0.0360. The SMILES string of the molecule is NC(=O)CSc1nnc(-c2ccccc2NC(=O)c2ccccc2)n1-c1ccccc1. The number of nitrogens with zero attached hydrogens (tertiary/aromatic N) is 3. The van der Waals surface area contributed by atoms with Crippen molar-refractivity contribution in [1.29, 1.82) is 0 Å². The molecule has 154 valence electrons. The number of carbonyl (C=O) groups excluding carboxylic acids is 2. The Balaban J connectivity index is 1.76. The van der Waals surface area contributed by atoms with E-state index in [2.05, 4.69) is 15.5 Å². The smallest absolute Gasteiger partial charge is 0.255 e. The van der Waals surface area contributed by atoms with Gasteiger partial charge in [-0.05, 0) is 36.4 Å². The van der Waals surface area contributed by atoms with Gasteiger partial charge in [-0.1, -0.05) is 60.3 Å². The molecule has 8 heteroatoms. The summed E-state index contributed by atoms with van der Waals surface area (Å²) in [6.45, 7) is 0. The summed E-state index contributed by atoms with van der Waals surface area (Å²) in [7, 11) is 0. The second kappa shape index (κ2) is 9.27. The van der Waals surface area contributed by atoms with E-state index in [1.165, 1.54) is 11.8 Å². The van der Waals surface area contributed by atoms with E-state index in [0.29, 0.717) is 27.8 Å². The van der Waals surface area contributed by atoms with Crippen LogP contribution in [0.15, 0.2) is 90.1 Å². The molecule has 2 amide bonds. The van der Waals surface area contributed by atoms with Crippen LogP contribution in [0.5, 0.6) is 0 Å². The Morgan fingerprint density at radius 2 is 1.52 bits per heavy atom. The van der Waals surface area contributed by atoms with Crippen molar-refractivity contribution in [2.45, 2.75) is 5.16 Å². The third kappa shape index (κ3) is 4.65. The van der Waals surface area contributed by atoms with Gasteiger partial charge in [-0.3, -0.25) is 14.2 Å². The topological polar surface area (TPSA) is 103 Å². The molecule has 0 radical (unpaired) electrons. The summed E-state index contributed by atoms with van der Waals surface area (Å²) < 4.78 is 1.85. The van der Waals surface area contributed by atoms with Gasteiger partial charge in [-0.15, -0.1) is 10.2 Å². The van der Waals surface area contributed by atoms with Crippen LogP contribution in [0.25, 0.3) is 17.1 Å². The van der Waals surface area contributed by atoms with E-state index < -0.39 is 5.91 Å². The molecule has 0 aliphatic carbocycles. The van der Waals surface area contributed by atoms with E-state index in [4.69, 9.17) is 5.73 Å². The summed E-state index contributed by atoms with van der Waals surface area (Å²) in [6.07, 6.45) is 0. The molecule has 0 saturated heterocycles. The number of rotatable bonds is 7. The van der Waals surface area contributed by atoms with Crippen LogP contribution in [0.3, 0.4) is 0 Å². The minimum Gasteiger partial charge on any atom is -0.369 e. The number of hydrogen-bond donors (Lipinski definition) is 2. The van der Waals surface area contributed by atoms with E-state index >= 15 is 0 Å². The van der Waals surface area contributed by atoms with Crippen LogP contribution in [0.4, 0.5) is 5.69 Å². The standard InChI is InChI=1S/C23H19N5O2S/c24-20(29)15-31-23-27-26-21(28(23)17-11-5-2-6-12-17)18-13-7-8-14-19(18)25-22(30)16-9-3-1-4-10-16/h1-14H,15H2,(H2,24,29)(H,25,30). The van der Waals surface area contributed by atoms with Crippen LogP contribution < -0.4 is 11.1 Å². The first-order chi connectivity index (χ1) is 15.1. The first-order valence-corrected chi connectivity index (χ1v) is 10.5. The van der Waals surface area contributed by atoms with Crippen LogP contribution in [0.1, 0.15) is 10.4 Å². The van der Waals surface area contributed by atoms with Crippen molar-refractivity contribution in [3.63, 3.8) is 0 Å². The quantitative estimate of drug-likeness (QED) is 0.436. The molecule has 0 saturated carbocycles. The summed E-state index contributed by atoms with van der Waals surface area (Å²) in [5.41, 5.74) is 8.01.